The zero-order valence-corrected chi connectivity index (χ0v) is 10.3. The van der Waals surface area contributed by atoms with Crippen LogP contribution in [0.5, 0.6) is 0 Å². The fourth-order valence-electron chi connectivity index (χ4n) is 2.57. The second-order valence-electron chi connectivity index (χ2n) is 5.11. The summed E-state index contributed by atoms with van der Waals surface area (Å²) in [6.45, 7) is 1.62. The summed E-state index contributed by atoms with van der Waals surface area (Å²) in [5, 5.41) is 0. The lowest BCUT2D eigenvalue weighted by Gasteiger charge is -2.27. The normalized spacial score (nSPS) is 22.6. The Morgan fingerprint density at radius 2 is 1.82 bits per heavy atom. The largest absolute Gasteiger partial charge is 0.449 e. The number of ether oxygens (including phenoxy) is 1. The van der Waals surface area contributed by atoms with E-state index in [-0.39, 0.29) is 11.9 Å². The van der Waals surface area contributed by atoms with Crippen LogP contribution in [0.4, 0.5) is 4.79 Å². The van der Waals surface area contributed by atoms with Crippen LogP contribution < -0.4 is 0 Å². The Morgan fingerprint density at radius 3 is 2.47 bits per heavy atom. The fourth-order valence-corrected chi connectivity index (χ4v) is 2.57. The van der Waals surface area contributed by atoms with Crippen LogP contribution in [0.1, 0.15) is 44.9 Å². The molecule has 2 rings (SSSR count). The summed E-state index contributed by atoms with van der Waals surface area (Å²) in [5.74, 6) is 0.806. The monoisotopic (exact) mass is 239 g/mol. The van der Waals surface area contributed by atoms with Gasteiger partial charge in [-0.05, 0) is 18.8 Å². The van der Waals surface area contributed by atoms with Gasteiger partial charge < -0.3 is 9.64 Å². The van der Waals surface area contributed by atoms with Gasteiger partial charge in [0, 0.05) is 25.9 Å². The molecule has 1 aliphatic carbocycles. The number of amides is 1. The molecule has 4 heteroatoms. The molecule has 0 spiro atoms. The summed E-state index contributed by atoms with van der Waals surface area (Å²) in [4.78, 5) is 24.5. The first-order valence-corrected chi connectivity index (χ1v) is 6.69. The number of hydrogen-bond acceptors (Lipinski definition) is 3. The van der Waals surface area contributed by atoms with Gasteiger partial charge in [-0.1, -0.05) is 19.3 Å². The number of nitrogens with zero attached hydrogens (tertiary/aromatic N) is 1. The highest BCUT2D eigenvalue weighted by Gasteiger charge is 2.23. The molecule has 1 aliphatic heterocycles. The van der Waals surface area contributed by atoms with Gasteiger partial charge >= 0.3 is 6.09 Å². The van der Waals surface area contributed by atoms with E-state index in [4.69, 9.17) is 4.74 Å². The molecule has 0 aromatic heterocycles. The van der Waals surface area contributed by atoms with E-state index in [9.17, 15) is 9.59 Å². The summed E-state index contributed by atoms with van der Waals surface area (Å²) in [6.07, 6.45) is 6.96. The standard InChI is InChI=1S/C13H21NO3/c15-12-6-8-14(9-7-12)13(16)17-10-11-4-2-1-3-5-11/h11H,1-10H2. The van der Waals surface area contributed by atoms with Crippen LogP contribution in [0, 0.1) is 5.92 Å². The van der Waals surface area contributed by atoms with E-state index in [1.54, 1.807) is 4.90 Å². The van der Waals surface area contributed by atoms with Gasteiger partial charge in [-0.15, -0.1) is 0 Å². The molecule has 0 bridgehead atoms. The Kier molecular flexibility index (Phi) is 4.40. The molecule has 96 valence electrons. The van der Waals surface area contributed by atoms with E-state index in [0.29, 0.717) is 38.5 Å². The second kappa shape index (κ2) is 6.03. The minimum Gasteiger partial charge on any atom is -0.449 e. The topological polar surface area (TPSA) is 46.6 Å². The molecule has 1 saturated heterocycles. The number of Topliss-reactive ketones (excluding diaryl/α,β-unsaturated/α-hetero) is 1. The third-order valence-electron chi connectivity index (χ3n) is 3.75. The lowest BCUT2D eigenvalue weighted by Crippen LogP contribution is -2.39. The molecule has 0 radical (unpaired) electrons. The van der Waals surface area contributed by atoms with E-state index in [0.717, 1.165) is 0 Å². The SMILES string of the molecule is O=C1CCN(C(=O)OCC2CCCCC2)CC1. The summed E-state index contributed by atoms with van der Waals surface area (Å²) >= 11 is 0. The van der Waals surface area contributed by atoms with Crippen LogP contribution in [0.2, 0.25) is 0 Å². The molecule has 0 aromatic carbocycles. The van der Waals surface area contributed by atoms with Gasteiger partial charge in [-0.3, -0.25) is 4.79 Å². The molecule has 17 heavy (non-hydrogen) atoms. The predicted molar refractivity (Wildman–Crippen MR) is 63.7 cm³/mol. The minimum absolute atomic E-state index is 0.233. The van der Waals surface area contributed by atoms with Gasteiger partial charge in [0.2, 0.25) is 0 Å². The van der Waals surface area contributed by atoms with Gasteiger partial charge in [0.25, 0.3) is 0 Å². The van der Waals surface area contributed by atoms with Gasteiger partial charge in [0.05, 0.1) is 6.61 Å². The Bertz CT molecular complexity index is 274. The minimum atomic E-state index is -0.233. The Balaban J connectivity index is 1.67. The van der Waals surface area contributed by atoms with Crippen molar-refractivity contribution in [1.29, 1.82) is 0 Å². The molecular weight excluding hydrogens is 218 g/mol. The van der Waals surface area contributed by atoms with Crippen LogP contribution in [-0.2, 0) is 9.53 Å². The van der Waals surface area contributed by atoms with E-state index in [2.05, 4.69) is 0 Å². The first kappa shape index (κ1) is 12.4. The maximum Gasteiger partial charge on any atom is 0.409 e. The zero-order chi connectivity index (χ0) is 12.1. The Morgan fingerprint density at radius 1 is 1.18 bits per heavy atom. The molecule has 0 atom stereocenters. The average Bonchev–Trinajstić information content (AvgIpc) is 2.38. The molecule has 0 aromatic rings. The first-order valence-electron chi connectivity index (χ1n) is 6.69. The Hall–Kier alpha value is -1.06. The molecule has 2 fully saturated rings. The second-order valence-corrected chi connectivity index (χ2v) is 5.11. The molecule has 2 aliphatic rings. The molecule has 0 unspecified atom stereocenters. The molecule has 0 N–H and O–H groups in total. The number of ketones is 1. The molecule has 1 saturated carbocycles. The number of likely N-dealkylation sites (tertiary alicyclic amines) is 1. The van der Waals surface area contributed by atoms with Gasteiger partial charge in [0.1, 0.15) is 5.78 Å². The molecule has 1 amide bonds. The summed E-state index contributed by atoms with van der Waals surface area (Å²) in [6, 6.07) is 0. The van der Waals surface area contributed by atoms with Crippen molar-refractivity contribution in [3.05, 3.63) is 0 Å². The van der Waals surface area contributed by atoms with Crippen molar-refractivity contribution in [3.8, 4) is 0 Å². The van der Waals surface area contributed by atoms with E-state index >= 15 is 0 Å². The van der Waals surface area contributed by atoms with E-state index < -0.39 is 0 Å². The quantitative estimate of drug-likeness (QED) is 0.743. The van der Waals surface area contributed by atoms with Crippen LogP contribution in [0.3, 0.4) is 0 Å². The highest BCUT2D eigenvalue weighted by atomic mass is 16.6. The van der Waals surface area contributed by atoms with Gasteiger partial charge in [-0.25, -0.2) is 4.79 Å². The lowest BCUT2D eigenvalue weighted by atomic mass is 9.90. The van der Waals surface area contributed by atoms with Crippen molar-refractivity contribution in [2.45, 2.75) is 44.9 Å². The maximum atomic E-state index is 11.7. The van der Waals surface area contributed by atoms with Crippen molar-refractivity contribution in [2.24, 2.45) is 5.92 Å². The van der Waals surface area contributed by atoms with Crippen molar-refractivity contribution in [1.82, 2.24) is 4.90 Å². The van der Waals surface area contributed by atoms with Crippen molar-refractivity contribution < 1.29 is 14.3 Å². The summed E-state index contributed by atoms with van der Waals surface area (Å²) in [5.41, 5.74) is 0. The Labute approximate surface area is 102 Å². The number of hydrogen-bond donors (Lipinski definition) is 0. The fraction of sp³-hybridized carbons (Fsp3) is 0.846. The molecule has 1 heterocycles. The van der Waals surface area contributed by atoms with E-state index in [1.165, 1.54) is 32.1 Å². The smallest absolute Gasteiger partial charge is 0.409 e. The van der Waals surface area contributed by atoms with Crippen LogP contribution in [0.25, 0.3) is 0 Å². The number of carbonyl (C=O) groups excluding carboxylic acids is 2. The van der Waals surface area contributed by atoms with Crippen LogP contribution >= 0.6 is 0 Å². The van der Waals surface area contributed by atoms with Crippen LogP contribution in [-0.4, -0.2) is 36.5 Å². The summed E-state index contributed by atoms with van der Waals surface area (Å²) in [7, 11) is 0. The average molecular weight is 239 g/mol. The maximum absolute atomic E-state index is 11.7. The van der Waals surface area contributed by atoms with Gasteiger partial charge in [-0.2, -0.15) is 0 Å². The van der Waals surface area contributed by atoms with Crippen LogP contribution in [0.15, 0.2) is 0 Å². The third kappa shape index (κ3) is 3.72. The van der Waals surface area contributed by atoms with Gasteiger partial charge in [0.15, 0.2) is 0 Å². The summed E-state index contributed by atoms with van der Waals surface area (Å²) < 4.78 is 5.33. The number of carbonyl (C=O) groups is 2. The first-order chi connectivity index (χ1) is 8.25. The van der Waals surface area contributed by atoms with E-state index in [1.807, 2.05) is 0 Å². The highest BCUT2D eigenvalue weighted by Crippen LogP contribution is 2.24. The zero-order valence-electron chi connectivity index (χ0n) is 10.3. The van der Waals surface area contributed by atoms with Crippen molar-refractivity contribution >= 4 is 11.9 Å². The number of piperidine rings is 1. The van der Waals surface area contributed by atoms with Crippen molar-refractivity contribution in [2.75, 3.05) is 19.7 Å². The number of rotatable bonds is 2. The molecular formula is C13H21NO3. The third-order valence-corrected chi connectivity index (χ3v) is 3.75. The highest BCUT2D eigenvalue weighted by molar-refractivity contribution is 5.81. The lowest BCUT2D eigenvalue weighted by molar-refractivity contribution is -0.121. The van der Waals surface area contributed by atoms with Crippen molar-refractivity contribution in [3.63, 3.8) is 0 Å². The predicted octanol–water partition coefficient (Wildman–Crippen LogP) is 2.37. The molecule has 4 nitrogen and oxygen atoms in total.